The fourth-order valence-electron chi connectivity index (χ4n) is 2.23. The smallest absolute Gasteiger partial charge is 0.270 e. The van der Waals surface area contributed by atoms with Gasteiger partial charge >= 0.3 is 0 Å². The molecule has 0 bridgehead atoms. The number of amides is 2. The Hall–Kier alpha value is -2.38. The monoisotopic (exact) mass is 404 g/mol. The molecular formula is C17H10BrFN2O2S. The molecule has 0 unspecified atom stereocenters. The van der Waals surface area contributed by atoms with E-state index in [1.54, 1.807) is 30.3 Å². The van der Waals surface area contributed by atoms with Crippen molar-refractivity contribution in [2.24, 2.45) is 0 Å². The molecule has 4 nitrogen and oxygen atoms in total. The highest BCUT2D eigenvalue weighted by atomic mass is 79.9. The lowest BCUT2D eigenvalue weighted by Crippen LogP contribution is -2.54. The second kappa shape index (κ2) is 6.62. The number of benzene rings is 2. The summed E-state index contributed by atoms with van der Waals surface area (Å²) in [5.74, 6) is -1.88. The van der Waals surface area contributed by atoms with Gasteiger partial charge in [0.1, 0.15) is 11.4 Å². The van der Waals surface area contributed by atoms with Crippen molar-refractivity contribution >= 4 is 56.8 Å². The van der Waals surface area contributed by atoms with Gasteiger partial charge in [-0.2, -0.15) is 0 Å². The molecule has 1 N–H and O–H groups in total. The van der Waals surface area contributed by atoms with Crippen molar-refractivity contribution in [3.63, 3.8) is 0 Å². The van der Waals surface area contributed by atoms with E-state index in [2.05, 4.69) is 21.2 Å². The van der Waals surface area contributed by atoms with E-state index in [1.165, 1.54) is 24.3 Å². The average Bonchev–Trinajstić information content (AvgIpc) is 2.55. The first kappa shape index (κ1) is 16.5. The van der Waals surface area contributed by atoms with Crippen LogP contribution in [-0.4, -0.2) is 16.9 Å². The van der Waals surface area contributed by atoms with Crippen LogP contribution in [0.25, 0.3) is 6.08 Å². The van der Waals surface area contributed by atoms with Crippen molar-refractivity contribution in [3.05, 3.63) is 70.0 Å². The van der Waals surface area contributed by atoms with Gasteiger partial charge in [0.15, 0.2) is 5.11 Å². The number of hydrogen-bond donors (Lipinski definition) is 1. The number of carbonyl (C=O) groups excluding carboxylic acids is 2. The van der Waals surface area contributed by atoms with Crippen LogP contribution in [0.15, 0.2) is 58.6 Å². The lowest BCUT2D eigenvalue weighted by atomic mass is 10.1. The third-order valence-corrected chi connectivity index (χ3v) is 4.19. The molecule has 7 heteroatoms. The predicted octanol–water partition coefficient (Wildman–Crippen LogP) is 3.42. The molecule has 1 saturated heterocycles. The zero-order valence-electron chi connectivity index (χ0n) is 12.1. The molecule has 0 saturated carbocycles. The number of anilines is 1. The third-order valence-electron chi connectivity index (χ3n) is 3.38. The zero-order chi connectivity index (χ0) is 17.3. The lowest BCUT2D eigenvalue weighted by molar-refractivity contribution is -0.122. The minimum atomic E-state index is -0.670. The van der Waals surface area contributed by atoms with Crippen LogP contribution in [0.3, 0.4) is 0 Å². The summed E-state index contributed by atoms with van der Waals surface area (Å²) in [6.45, 7) is 0. The lowest BCUT2D eigenvalue weighted by Gasteiger charge is -2.29. The minimum Gasteiger partial charge on any atom is -0.298 e. The van der Waals surface area contributed by atoms with Gasteiger partial charge in [0, 0.05) is 4.47 Å². The van der Waals surface area contributed by atoms with E-state index < -0.39 is 17.6 Å². The Morgan fingerprint density at radius 2 is 1.75 bits per heavy atom. The zero-order valence-corrected chi connectivity index (χ0v) is 14.5. The standard InChI is InChI=1S/C17H10BrFN2O2S/c18-11-7-5-10(6-8-11)9-12-15(22)20-17(24)21(16(12)23)14-4-2-1-3-13(14)19/h1-9H,(H,20,22,24)/b12-9+. The molecule has 0 aliphatic carbocycles. The highest BCUT2D eigenvalue weighted by Crippen LogP contribution is 2.24. The summed E-state index contributed by atoms with van der Waals surface area (Å²) in [6, 6.07) is 12.8. The van der Waals surface area contributed by atoms with Gasteiger partial charge in [-0.05, 0) is 48.1 Å². The van der Waals surface area contributed by atoms with Gasteiger partial charge in [0.05, 0.1) is 5.69 Å². The van der Waals surface area contributed by atoms with Crippen molar-refractivity contribution in [3.8, 4) is 0 Å². The molecule has 0 radical (unpaired) electrons. The molecule has 0 atom stereocenters. The molecule has 0 spiro atoms. The van der Waals surface area contributed by atoms with Crippen LogP contribution >= 0.6 is 28.1 Å². The van der Waals surface area contributed by atoms with Gasteiger partial charge in [-0.15, -0.1) is 0 Å². The number of carbonyl (C=O) groups is 2. The number of nitrogens with zero attached hydrogens (tertiary/aromatic N) is 1. The molecule has 1 fully saturated rings. The SMILES string of the molecule is O=C1NC(=S)N(c2ccccc2F)C(=O)/C1=C/c1ccc(Br)cc1. The van der Waals surface area contributed by atoms with E-state index in [9.17, 15) is 14.0 Å². The molecular weight excluding hydrogens is 395 g/mol. The molecule has 2 aromatic carbocycles. The summed E-state index contributed by atoms with van der Waals surface area (Å²) in [6.07, 6.45) is 1.44. The summed E-state index contributed by atoms with van der Waals surface area (Å²) in [4.78, 5) is 25.8. The van der Waals surface area contributed by atoms with Crippen molar-refractivity contribution in [1.29, 1.82) is 0 Å². The summed E-state index contributed by atoms with van der Waals surface area (Å²) in [7, 11) is 0. The molecule has 3 rings (SSSR count). The predicted molar refractivity (Wildman–Crippen MR) is 96.7 cm³/mol. The van der Waals surface area contributed by atoms with Crippen molar-refractivity contribution in [2.75, 3.05) is 4.90 Å². The van der Waals surface area contributed by atoms with E-state index in [4.69, 9.17) is 12.2 Å². The fraction of sp³-hybridized carbons (Fsp3) is 0. The maximum atomic E-state index is 14.0. The van der Waals surface area contributed by atoms with Crippen LogP contribution in [0.5, 0.6) is 0 Å². The number of halogens is 2. The molecule has 1 aliphatic rings. The van der Waals surface area contributed by atoms with E-state index in [1.807, 2.05) is 0 Å². The summed E-state index contributed by atoms with van der Waals surface area (Å²) in [5, 5.41) is 2.27. The van der Waals surface area contributed by atoms with Crippen LogP contribution in [0.2, 0.25) is 0 Å². The van der Waals surface area contributed by atoms with Gasteiger partial charge in [0.25, 0.3) is 11.8 Å². The Morgan fingerprint density at radius 3 is 2.42 bits per heavy atom. The van der Waals surface area contributed by atoms with Crippen molar-refractivity contribution in [1.82, 2.24) is 5.32 Å². The second-order valence-corrected chi connectivity index (χ2v) is 6.26. The second-order valence-electron chi connectivity index (χ2n) is 4.96. The van der Waals surface area contributed by atoms with Gasteiger partial charge in [-0.25, -0.2) is 9.29 Å². The maximum Gasteiger partial charge on any atom is 0.270 e. The van der Waals surface area contributed by atoms with Crippen LogP contribution < -0.4 is 10.2 Å². The number of rotatable bonds is 2. The van der Waals surface area contributed by atoms with Crippen LogP contribution in [0.4, 0.5) is 10.1 Å². The normalized spacial score (nSPS) is 16.5. The Kier molecular flexibility index (Phi) is 4.55. The van der Waals surface area contributed by atoms with Gasteiger partial charge < -0.3 is 0 Å². The first-order valence-corrected chi connectivity index (χ1v) is 8.09. The van der Waals surface area contributed by atoms with E-state index in [0.29, 0.717) is 5.56 Å². The van der Waals surface area contributed by atoms with E-state index in [0.717, 1.165) is 9.37 Å². The maximum absolute atomic E-state index is 14.0. The van der Waals surface area contributed by atoms with Gasteiger partial charge in [0.2, 0.25) is 0 Å². The minimum absolute atomic E-state index is 0.00536. The van der Waals surface area contributed by atoms with Crippen molar-refractivity contribution in [2.45, 2.75) is 0 Å². The van der Waals surface area contributed by atoms with E-state index in [-0.39, 0.29) is 16.4 Å². The number of nitrogens with one attached hydrogen (secondary N) is 1. The Bertz CT molecular complexity index is 880. The van der Waals surface area contributed by atoms with Gasteiger partial charge in [-0.1, -0.05) is 40.2 Å². The average molecular weight is 405 g/mol. The van der Waals surface area contributed by atoms with Crippen LogP contribution in [-0.2, 0) is 9.59 Å². The fourth-order valence-corrected chi connectivity index (χ4v) is 2.77. The molecule has 24 heavy (non-hydrogen) atoms. The number of hydrogen-bond acceptors (Lipinski definition) is 3. The Labute approximate surface area is 151 Å². The topological polar surface area (TPSA) is 49.4 Å². The summed E-state index contributed by atoms with van der Waals surface area (Å²) in [5.41, 5.74) is 0.543. The van der Waals surface area contributed by atoms with Crippen LogP contribution in [0, 0.1) is 5.82 Å². The van der Waals surface area contributed by atoms with Crippen LogP contribution in [0.1, 0.15) is 5.56 Å². The third kappa shape index (κ3) is 3.13. The van der Waals surface area contributed by atoms with E-state index >= 15 is 0 Å². The summed E-state index contributed by atoms with van der Waals surface area (Å²) < 4.78 is 14.9. The molecule has 1 heterocycles. The molecule has 0 aromatic heterocycles. The quantitative estimate of drug-likeness (QED) is 0.473. The summed E-state index contributed by atoms with van der Waals surface area (Å²) >= 11 is 8.35. The van der Waals surface area contributed by atoms with Gasteiger partial charge in [-0.3, -0.25) is 14.9 Å². The highest BCUT2D eigenvalue weighted by Gasteiger charge is 2.35. The number of thiocarbonyl (C=S) groups is 1. The number of para-hydroxylation sites is 1. The molecule has 1 aliphatic heterocycles. The first-order valence-electron chi connectivity index (χ1n) is 6.89. The highest BCUT2D eigenvalue weighted by molar-refractivity contribution is 9.10. The van der Waals surface area contributed by atoms with Crippen molar-refractivity contribution < 1.29 is 14.0 Å². The molecule has 2 aromatic rings. The largest absolute Gasteiger partial charge is 0.298 e. The first-order chi connectivity index (χ1) is 11.5. The Balaban J connectivity index is 2.03. The Morgan fingerprint density at radius 1 is 1.08 bits per heavy atom. The molecule has 2 amide bonds. The molecule has 120 valence electrons.